The average molecular weight is 260 g/mol. The normalized spacial score (nSPS) is 24.2. The third-order valence-corrected chi connectivity index (χ3v) is 4.40. The van der Waals surface area contributed by atoms with E-state index in [1.165, 1.54) is 11.1 Å². The molecule has 19 heavy (non-hydrogen) atoms. The van der Waals surface area contributed by atoms with E-state index in [-0.39, 0.29) is 17.4 Å². The van der Waals surface area contributed by atoms with Gasteiger partial charge in [0.15, 0.2) is 0 Å². The van der Waals surface area contributed by atoms with Crippen molar-refractivity contribution in [3.63, 3.8) is 0 Å². The molecule has 0 spiro atoms. The molecule has 1 saturated heterocycles. The number of benzene rings is 1. The zero-order chi connectivity index (χ0) is 13.9. The second kappa shape index (κ2) is 5.74. The van der Waals surface area contributed by atoms with E-state index in [1.54, 1.807) is 0 Å². The number of carbonyl (C=O) groups is 1. The molecule has 0 radical (unpaired) electrons. The maximum atomic E-state index is 12.5. The van der Waals surface area contributed by atoms with Gasteiger partial charge < -0.3 is 10.6 Å². The minimum atomic E-state index is -0.211. The highest BCUT2D eigenvalue weighted by atomic mass is 16.2. The van der Waals surface area contributed by atoms with E-state index in [4.69, 9.17) is 0 Å². The van der Waals surface area contributed by atoms with Crippen LogP contribution in [0.1, 0.15) is 43.9 Å². The molecule has 2 N–H and O–H groups in total. The van der Waals surface area contributed by atoms with E-state index in [9.17, 15) is 4.79 Å². The lowest BCUT2D eigenvalue weighted by Crippen LogP contribution is -2.43. The molecule has 1 aliphatic rings. The number of nitrogens with one attached hydrogen (secondary N) is 2. The van der Waals surface area contributed by atoms with Gasteiger partial charge in [-0.1, -0.05) is 31.2 Å². The molecule has 104 valence electrons. The van der Waals surface area contributed by atoms with Crippen molar-refractivity contribution in [2.75, 3.05) is 13.1 Å². The predicted molar refractivity (Wildman–Crippen MR) is 77.9 cm³/mol. The van der Waals surface area contributed by atoms with E-state index in [1.807, 2.05) is 12.1 Å². The summed E-state index contributed by atoms with van der Waals surface area (Å²) in [6.07, 6.45) is 1.84. The molecule has 2 atom stereocenters. The summed E-state index contributed by atoms with van der Waals surface area (Å²) < 4.78 is 0. The first-order valence-electron chi connectivity index (χ1n) is 7.16. The maximum Gasteiger partial charge on any atom is 0.228 e. The Kier molecular flexibility index (Phi) is 4.25. The van der Waals surface area contributed by atoms with Gasteiger partial charge in [0.25, 0.3) is 0 Å². The first kappa shape index (κ1) is 14.1. The van der Waals surface area contributed by atoms with Crippen LogP contribution in [0.15, 0.2) is 24.3 Å². The SMILES string of the molecule is CCC1(C(=O)NC(C)c2ccccc2C)CCNC1. The van der Waals surface area contributed by atoms with Crippen LogP contribution < -0.4 is 10.6 Å². The van der Waals surface area contributed by atoms with Crippen molar-refractivity contribution < 1.29 is 4.79 Å². The summed E-state index contributed by atoms with van der Waals surface area (Å²) in [6.45, 7) is 8.00. The van der Waals surface area contributed by atoms with Crippen molar-refractivity contribution in [3.8, 4) is 0 Å². The monoisotopic (exact) mass is 260 g/mol. The van der Waals surface area contributed by atoms with Gasteiger partial charge >= 0.3 is 0 Å². The van der Waals surface area contributed by atoms with E-state index in [0.717, 1.165) is 25.9 Å². The zero-order valence-corrected chi connectivity index (χ0v) is 12.1. The molecule has 1 aromatic carbocycles. The maximum absolute atomic E-state index is 12.5. The highest BCUT2D eigenvalue weighted by Gasteiger charge is 2.39. The standard InChI is InChI=1S/C16H24N2O/c1-4-16(9-10-17-11-16)15(19)18-13(3)14-8-6-5-7-12(14)2/h5-8,13,17H,4,9-11H2,1-3H3,(H,18,19). The third-order valence-electron chi connectivity index (χ3n) is 4.40. The molecule has 2 rings (SSSR count). The number of rotatable bonds is 4. The first-order valence-corrected chi connectivity index (χ1v) is 7.16. The lowest BCUT2D eigenvalue weighted by molar-refractivity contribution is -0.131. The van der Waals surface area contributed by atoms with E-state index in [2.05, 4.69) is 43.5 Å². The molecular formula is C16H24N2O. The Morgan fingerprint density at radius 3 is 2.79 bits per heavy atom. The molecule has 3 heteroatoms. The fourth-order valence-electron chi connectivity index (χ4n) is 2.90. The highest BCUT2D eigenvalue weighted by Crippen LogP contribution is 2.30. The molecule has 1 aromatic rings. The van der Waals surface area contributed by atoms with Gasteiger partial charge in [0, 0.05) is 6.54 Å². The van der Waals surface area contributed by atoms with Gasteiger partial charge in [-0.25, -0.2) is 0 Å². The summed E-state index contributed by atoms with van der Waals surface area (Å²) in [6, 6.07) is 8.30. The average Bonchev–Trinajstić information content (AvgIpc) is 2.89. The molecule has 2 unspecified atom stereocenters. The smallest absolute Gasteiger partial charge is 0.228 e. The summed E-state index contributed by atoms with van der Waals surface area (Å²) in [5.74, 6) is 0.191. The van der Waals surface area contributed by atoms with Gasteiger partial charge in [0.1, 0.15) is 0 Å². The van der Waals surface area contributed by atoms with Gasteiger partial charge in [-0.05, 0) is 44.4 Å². The van der Waals surface area contributed by atoms with Crippen molar-refractivity contribution in [1.29, 1.82) is 0 Å². The first-order chi connectivity index (χ1) is 9.09. The molecule has 0 aromatic heterocycles. The summed E-state index contributed by atoms with van der Waals surface area (Å²) in [4.78, 5) is 12.5. The van der Waals surface area contributed by atoms with Crippen molar-refractivity contribution >= 4 is 5.91 Å². The Morgan fingerprint density at radius 2 is 2.21 bits per heavy atom. The Bertz CT molecular complexity index is 450. The Morgan fingerprint density at radius 1 is 1.47 bits per heavy atom. The number of amides is 1. The van der Waals surface area contributed by atoms with Gasteiger partial charge in [-0.3, -0.25) is 4.79 Å². The molecule has 1 aliphatic heterocycles. The molecule has 0 aliphatic carbocycles. The van der Waals surface area contributed by atoms with Crippen molar-refractivity contribution in [2.45, 2.75) is 39.7 Å². The molecule has 0 bridgehead atoms. The Balaban J connectivity index is 2.08. The number of aryl methyl sites for hydroxylation is 1. The second-order valence-corrected chi connectivity index (χ2v) is 5.61. The summed E-state index contributed by atoms with van der Waals surface area (Å²) in [5, 5.41) is 6.50. The van der Waals surface area contributed by atoms with Crippen molar-refractivity contribution in [1.82, 2.24) is 10.6 Å². The molecule has 3 nitrogen and oxygen atoms in total. The van der Waals surface area contributed by atoms with Crippen molar-refractivity contribution in [2.24, 2.45) is 5.41 Å². The van der Waals surface area contributed by atoms with Gasteiger partial charge in [0.05, 0.1) is 11.5 Å². The molecule has 0 saturated carbocycles. The summed E-state index contributed by atoms with van der Waals surface area (Å²) in [5.41, 5.74) is 2.22. The number of carbonyl (C=O) groups excluding carboxylic acids is 1. The quantitative estimate of drug-likeness (QED) is 0.873. The lowest BCUT2D eigenvalue weighted by Gasteiger charge is -2.28. The molecule has 1 fully saturated rings. The van der Waals surface area contributed by atoms with E-state index < -0.39 is 0 Å². The Hall–Kier alpha value is -1.35. The molecule has 1 amide bonds. The lowest BCUT2D eigenvalue weighted by atomic mass is 9.83. The van der Waals surface area contributed by atoms with E-state index >= 15 is 0 Å². The summed E-state index contributed by atoms with van der Waals surface area (Å²) in [7, 11) is 0. The third kappa shape index (κ3) is 2.81. The van der Waals surface area contributed by atoms with Crippen LogP contribution in [-0.4, -0.2) is 19.0 Å². The topological polar surface area (TPSA) is 41.1 Å². The van der Waals surface area contributed by atoms with Gasteiger partial charge in [0.2, 0.25) is 5.91 Å². The van der Waals surface area contributed by atoms with Crippen LogP contribution in [0.2, 0.25) is 0 Å². The molecular weight excluding hydrogens is 236 g/mol. The fourth-order valence-corrected chi connectivity index (χ4v) is 2.90. The van der Waals surface area contributed by atoms with Gasteiger partial charge in [-0.2, -0.15) is 0 Å². The zero-order valence-electron chi connectivity index (χ0n) is 12.1. The highest BCUT2D eigenvalue weighted by molar-refractivity contribution is 5.83. The number of hydrogen-bond acceptors (Lipinski definition) is 2. The summed E-state index contributed by atoms with van der Waals surface area (Å²) >= 11 is 0. The second-order valence-electron chi connectivity index (χ2n) is 5.61. The molecule has 1 heterocycles. The van der Waals surface area contributed by atoms with Crippen LogP contribution in [0.3, 0.4) is 0 Å². The van der Waals surface area contributed by atoms with Crippen LogP contribution >= 0.6 is 0 Å². The minimum absolute atomic E-state index is 0.0673. The minimum Gasteiger partial charge on any atom is -0.349 e. The van der Waals surface area contributed by atoms with Crippen LogP contribution in [0.4, 0.5) is 0 Å². The largest absolute Gasteiger partial charge is 0.349 e. The Labute approximate surface area is 115 Å². The van der Waals surface area contributed by atoms with Crippen LogP contribution in [0, 0.1) is 12.3 Å². The van der Waals surface area contributed by atoms with Gasteiger partial charge in [-0.15, -0.1) is 0 Å². The van der Waals surface area contributed by atoms with Crippen LogP contribution in [0.25, 0.3) is 0 Å². The fraction of sp³-hybridized carbons (Fsp3) is 0.562. The van der Waals surface area contributed by atoms with Crippen molar-refractivity contribution in [3.05, 3.63) is 35.4 Å². The van der Waals surface area contributed by atoms with Crippen LogP contribution in [-0.2, 0) is 4.79 Å². The van der Waals surface area contributed by atoms with E-state index in [0.29, 0.717) is 0 Å². The van der Waals surface area contributed by atoms with Crippen LogP contribution in [0.5, 0.6) is 0 Å². The predicted octanol–water partition coefficient (Wildman–Crippen LogP) is 2.56. The number of hydrogen-bond donors (Lipinski definition) is 2.